The molecule has 0 aliphatic rings. The van der Waals surface area contributed by atoms with Crippen LogP contribution in [0, 0.1) is 0 Å². The summed E-state index contributed by atoms with van der Waals surface area (Å²) in [6.07, 6.45) is 7.80. The lowest BCUT2D eigenvalue weighted by atomic mass is 10.2. The molecule has 3 aromatic rings. The lowest BCUT2D eigenvalue weighted by molar-refractivity contribution is -0.671. The Balaban J connectivity index is 1.64. The summed E-state index contributed by atoms with van der Waals surface area (Å²) in [6.45, 7) is 2.37. The van der Waals surface area contributed by atoms with Gasteiger partial charge in [-0.2, -0.15) is 0 Å². The molecule has 0 saturated heterocycles. The molecule has 25 heavy (non-hydrogen) atoms. The zero-order chi connectivity index (χ0) is 17.5. The Morgan fingerprint density at radius 3 is 2.72 bits per heavy atom. The fraction of sp³-hybridized carbons (Fsp3) is 0.294. The van der Waals surface area contributed by atoms with E-state index in [1.165, 1.54) is 11.3 Å². The minimum atomic E-state index is 0.116. The van der Waals surface area contributed by atoms with Gasteiger partial charge in [-0.1, -0.05) is 0 Å². The van der Waals surface area contributed by atoms with Crippen molar-refractivity contribution in [2.24, 2.45) is 17.3 Å². The molecular formula is C17H21N6OS+. The van der Waals surface area contributed by atoms with Gasteiger partial charge < -0.3 is 10.0 Å². The number of imidazole rings is 1. The van der Waals surface area contributed by atoms with Crippen LogP contribution in [0.4, 0.5) is 16.5 Å². The molecule has 7 nitrogen and oxygen atoms in total. The van der Waals surface area contributed by atoms with Crippen molar-refractivity contribution in [2.45, 2.75) is 6.54 Å². The van der Waals surface area contributed by atoms with E-state index < -0.39 is 0 Å². The molecule has 2 aromatic heterocycles. The van der Waals surface area contributed by atoms with Crippen LogP contribution in [0.5, 0.6) is 0 Å². The number of aliphatic hydroxyl groups is 1. The fourth-order valence-corrected chi connectivity index (χ4v) is 2.91. The van der Waals surface area contributed by atoms with Crippen molar-refractivity contribution in [3.63, 3.8) is 0 Å². The monoisotopic (exact) mass is 357 g/mol. The molecule has 8 heteroatoms. The van der Waals surface area contributed by atoms with E-state index >= 15 is 0 Å². The lowest BCUT2D eigenvalue weighted by Gasteiger charge is -2.23. The van der Waals surface area contributed by atoms with Crippen molar-refractivity contribution < 1.29 is 9.67 Å². The largest absolute Gasteiger partial charge is 0.395 e. The van der Waals surface area contributed by atoms with Crippen LogP contribution in [0.2, 0.25) is 0 Å². The smallest absolute Gasteiger partial charge is 0.243 e. The van der Waals surface area contributed by atoms with Crippen molar-refractivity contribution in [3.05, 3.63) is 54.6 Å². The number of hydrogen-bond donors (Lipinski definition) is 1. The van der Waals surface area contributed by atoms with E-state index in [-0.39, 0.29) is 6.61 Å². The van der Waals surface area contributed by atoms with E-state index in [1.54, 1.807) is 6.20 Å². The number of anilines is 1. The van der Waals surface area contributed by atoms with Crippen LogP contribution < -0.4 is 9.47 Å². The van der Waals surface area contributed by atoms with E-state index in [0.29, 0.717) is 11.7 Å². The second-order valence-electron chi connectivity index (χ2n) is 5.56. The summed E-state index contributed by atoms with van der Waals surface area (Å²) >= 11 is 1.45. The molecule has 0 atom stereocenters. The van der Waals surface area contributed by atoms with Crippen LogP contribution >= 0.6 is 11.3 Å². The normalized spacial score (nSPS) is 11.3. The SMILES string of the molecule is C[n+]1ccn(CCN(CCO)c2ccc(/N=N/c3nccs3)cc2)c1. The molecule has 1 N–H and O–H groups in total. The maximum absolute atomic E-state index is 9.35. The van der Waals surface area contributed by atoms with Crippen LogP contribution in [0.1, 0.15) is 0 Å². The summed E-state index contributed by atoms with van der Waals surface area (Å²) in [4.78, 5) is 6.23. The molecule has 0 aliphatic carbocycles. The number of rotatable bonds is 8. The van der Waals surface area contributed by atoms with Gasteiger partial charge >= 0.3 is 0 Å². The van der Waals surface area contributed by atoms with Crippen molar-refractivity contribution in [2.75, 3.05) is 24.6 Å². The van der Waals surface area contributed by atoms with Gasteiger partial charge in [-0.25, -0.2) is 14.1 Å². The van der Waals surface area contributed by atoms with E-state index in [4.69, 9.17) is 0 Å². The van der Waals surface area contributed by atoms with Crippen LogP contribution in [0.3, 0.4) is 0 Å². The molecule has 0 spiro atoms. The highest BCUT2D eigenvalue weighted by molar-refractivity contribution is 7.13. The maximum atomic E-state index is 9.35. The van der Waals surface area contributed by atoms with Gasteiger partial charge in [0.15, 0.2) is 0 Å². The Morgan fingerprint density at radius 1 is 1.24 bits per heavy atom. The highest BCUT2D eigenvalue weighted by Crippen LogP contribution is 2.23. The Morgan fingerprint density at radius 2 is 2.08 bits per heavy atom. The molecule has 0 radical (unpaired) electrons. The zero-order valence-electron chi connectivity index (χ0n) is 14.1. The standard InChI is InChI=1S/C17H21N6OS/c1-21-7-8-22(14-21)9-10-23(11-12-24)16-4-2-15(3-5-16)19-20-17-18-6-13-25-17/h2-8,13-14,24H,9-12H2,1H3/q+1/b20-19+. The summed E-state index contributed by atoms with van der Waals surface area (Å²) in [5, 5.41) is 20.2. The topological polar surface area (TPSA) is 69.9 Å². The summed E-state index contributed by atoms with van der Waals surface area (Å²) in [6, 6.07) is 7.85. The van der Waals surface area contributed by atoms with Crippen molar-refractivity contribution in [1.29, 1.82) is 0 Å². The molecule has 0 bridgehead atoms. The van der Waals surface area contributed by atoms with E-state index in [2.05, 4.69) is 24.7 Å². The quantitative estimate of drug-likeness (QED) is 0.498. The first-order valence-electron chi connectivity index (χ1n) is 8.03. The minimum absolute atomic E-state index is 0.116. The number of aryl methyl sites for hydroxylation is 1. The Kier molecular flexibility index (Phi) is 5.86. The summed E-state index contributed by atoms with van der Waals surface area (Å²) in [5.41, 5.74) is 1.83. The molecule has 0 fully saturated rings. The average Bonchev–Trinajstić information content (AvgIpc) is 3.29. The van der Waals surface area contributed by atoms with Crippen molar-refractivity contribution in [3.8, 4) is 0 Å². The molecule has 0 unspecified atom stereocenters. The van der Waals surface area contributed by atoms with Gasteiger partial charge in [0.05, 0.1) is 25.9 Å². The first-order chi connectivity index (χ1) is 12.2. The van der Waals surface area contributed by atoms with Gasteiger partial charge in [-0.3, -0.25) is 0 Å². The number of nitrogens with zero attached hydrogens (tertiary/aromatic N) is 6. The molecule has 130 valence electrons. The third-order valence-corrected chi connectivity index (χ3v) is 4.36. The Hall–Kier alpha value is -2.58. The predicted octanol–water partition coefficient (Wildman–Crippen LogP) is 2.68. The summed E-state index contributed by atoms with van der Waals surface area (Å²) in [7, 11) is 2.00. The van der Waals surface area contributed by atoms with Crippen molar-refractivity contribution in [1.82, 2.24) is 9.55 Å². The highest BCUT2D eigenvalue weighted by Gasteiger charge is 2.08. The first kappa shape index (κ1) is 17.2. The second-order valence-corrected chi connectivity index (χ2v) is 6.43. The lowest BCUT2D eigenvalue weighted by Crippen LogP contribution is -2.30. The number of aromatic nitrogens is 3. The van der Waals surface area contributed by atoms with Crippen LogP contribution in [-0.2, 0) is 13.6 Å². The molecule has 0 saturated carbocycles. The number of thiazole rings is 1. The number of hydrogen-bond acceptors (Lipinski definition) is 6. The van der Waals surface area contributed by atoms with Gasteiger partial charge in [0.25, 0.3) is 0 Å². The van der Waals surface area contributed by atoms with E-state index in [9.17, 15) is 5.11 Å². The third kappa shape index (κ3) is 4.94. The van der Waals surface area contributed by atoms with E-state index in [0.717, 1.165) is 24.5 Å². The van der Waals surface area contributed by atoms with Gasteiger partial charge in [0.1, 0.15) is 18.9 Å². The van der Waals surface area contributed by atoms with Gasteiger partial charge in [-0.15, -0.1) is 21.6 Å². The fourth-order valence-electron chi connectivity index (χ4n) is 2.46. The molecule has 2 heterocycles. The molecular weight excluding hydrogens is 336 g/mol. The minimum Gasteiger partial charge on any atom is -0.395 e. The van der Waals surface area contributed by atoms with Crippen molar-refractivity contribution >= 4 is 27.8 Å². The maximum Gasteiger partial charge on any atom is 0.243 e. The Labute approximate surface area is 150 Å². The molecule has 1 aromatic carbocycles. The Bertz CT molecular complexity index is 797. The first-order valence-corrected chi connectivity index (χ1v) is 8.91. The second kappa shape index (κ2) is 8.50. The van der Waals surface area contributed by atoms with E-state index in [1.807, 2.05) is 60.0 Å². The zero-order valence-corrected chi connectivity index (χ0v) is 14.9. The number of benzene rings is 1. The molecule has 0 aliphatic heterocycles. The van der Waals surface area contributed by atoms with Crippen LogP contribution in [-0.4, -0.2) is 34.4 Å². The molecule has 0 amide bonds. The van der Waals surface area contributed by atoms with Gasteiger partial charge in [0.2, 0.25) is 11.5 Å². The summed E-state index contributed by atoms with van der Waals surface area (Å²) in [5.74, 6) is 0. The predicted molar refractivity (Wildman–Crippen MR) is 97.6 cm³/mol. The average molecular weight is 357 g/mol. The van der Waals surface area contributed by atoms with Gasteiger partial charge in [-0.05, 0) is 24.3 Å². The number of azo groups is 1. The summed E-state index contributed by atoms with van der Waals surface area (Å²) < 4.78 is 4.14. The van der Waals surface area contributed by atoms with Crippen LogP contribution in [0.15, 0.2) is 64.8 Å². The highest BCUT2D eigenvalue weighted by atomic mass is 32.1. The number of aliphatic hydroxyl groups excluding tert-OH is 1. The van der Waals surface area contributed by atoms with Gasteiger partial charge in [0, 0.05) is 23.8 Å². The third-order valence-electron chi connectivity index (χ3n) is 3.71. The molecule has 3 rings (SSSR count). The van der Waals surface area contributed by atoms with Crippen LogP contribution in [0.25, 0.3) is 0 Å².